The van der Waals surface area contributed by atoms with Crippen LogP contribution in [0.1, 0.15) is 18.9 Å². The molecule has 0 aliphatic rings. The molecule has 2 N–H and O–H groups in total. The van der Waals surface area contributed by atoms with Crippen molar-refractivity contribution in [1.29, 1.82) is 0 Å². The van der Waals surface area contributed by atoms with Crippen LogP contribution in [0.15, 0.2) is 12.1 Å². The molecule has 0 aromatic heterocycles. The molecular formula is C12H15Cl2NO3. The topological polar surface area (TPSA) is 58.6 Å². The van der Waals surface area contributed by atoms with Crippen molar-refractivity contribution in [1.82, 2.24) is 5.32 Å². The van der Waals surface area contributed by atoms with E-state index < -0.39 is 12.6 Å². The molecular weight excluding hydrogens is 277 g/mol. The minimum atomic E-state index is -1.05. The number of carbonyl (C=O) groups is 1. The summed E-state index contributed by atoms with van der Waals surface area (Å²) in [7, 11) is 0. The Morgan fingerprint density at radius 1 is 1.44 bits per heavy atom. The molecule has 4 nitrogen and oxygen atoms in total. The highest BCUT2D eigenvalue weighted by Gasteiger charge is 2.12. The number of nitrogens with one attached hydrogen (secondary N) is 1. The van der Waals surface area contributed by atoms with Gasteiger partial charge in [0.2, 0.25) is 0 Å². The lowest BCUT2D eigenvalue weighted by molar-refractivity contribution is -0.139. The van der Waals surface area contributed by atoms with E-state index in [0.29, 0.717) is 22.3 Å². The third-order valence-electron chi connectivity index (χ3n) is 2.17. The van der Waals surface area contributed by atoms with Gasteiger partial charge >= 0.3 is 5.97 Å². The maximum Gasteiger partial charge on any atom is 0.341 e. The number of benzene rings is 1. The molecule has 0 saturated carbocycles. The quantitative estimate of drug-likeness (QED) is 0.759. The fourth-order valence-electron chi connectivity index (χ4n) is 1.44. The average Bonchev–Trinajstić information content (AvgIpc) is 2.27. The van der Waals surface area contributed by atoms with Gasteiger partial charge in [-0.1, -0.05) is 30.1 Å². The number of hydrogen-bond donors (Lipinski definition) is 2. The van der Waals surface area contributed by atoms with Crippen LogP contribution >= 0.6 is 23.2 Å². The molecule has 0 radical (unpaired) electrons. The van der Waals surface area contributed by atoms with Crippen LogP contribution in [0.4, 0.5) is 0 Å². The first-order valence-electron chi connectivity index (χ1n) is 5.57. The minimum Gasteiger partial charge on any atom is -0.480 e. The molecule has 0 aliphatic carbocycles. The summed E-state index contributed by atoms with van der Waals surface area (Å²) in [6.45, 7) is 3.01. The maximum atomic E-state index is 10.5. The second-order valence-corrected chi connectivity index (χ2v) is 4.58. The van der Waals surface area contributed by atoms with Crippen molar-refractivity contribution >= 4 is 29.2 Å². The van der Waals surface area contributed by atoms with Gasteiger partial charge in [-0.3, -0.25) is 0 Å². The highest BCUT2D eigenvalue weighted by molar-refractivity contribution is 6.35. The zero-order valence-corrected chi connectivity index (χ0v) is 11.5. The Balaban J connectivity index is 2.86. The smallest absolute Gasteiger partial charge is 0.341 e. The average molecular weight is 292 g/mol. The predicted molar refractivity (Wildman–Crippen MR) is 71.6 cm³/mol. The normalized spacial score (nSPS) is 10.4. The fourth-order valence-corrected chi connectivity index (χ4v) is 2.03. The zero-order chi connectivity index (χ0) is 13.5. The molecule has 6 heteroatoms. The summed E-state index contributed by atoms with van der Waals surface area (Å²) in [4.78, 5) is 10.5. The third-order valence-corrected chi connectivity index (χ3v) is 2.67. The molecule has 1 aromatic rings. The van der Waals surface area contributed by atoms with Gasteiger partial charge in [-0.25, -0.2) is 4.79 Å². The molecule has 0 fully saturated rings. The number of hydrogen-bond acceptors (Lipinski definition) is 3. The minimum absolute atomic E-state index is 0.317. The first-order valence-corrected chi connectivity index (χ1v) is 6.33. The summed E-state index contributed by atoms with van der Waals surface area (Å²) in [5.74, 6) is -0.680. The first kappa shape index (κ1) is 15.1. The van der Waals surface area contributed by atoms with Crippen molar-refractivity contribution in [3.63, 3.8) is 0 Å². The summed E-state index contributed by atoms with van der Waals surface area (Å²) in [5, 5.41) is 12.6. The van der Waals surface area contributed by atoms with Gasteiger partial charge in [0.1, 0.15) is 5.75 Å². The molecule has 0 atom stereocenters. The standard InChI is InChI=1S/C12H15Cl2NO3/c1-2-3-15-6-8-4-9(13)5-10(14)12(8)18-7-11(16)17/h4-5,15H,2-3,6-7H2,1H3,(H,16,17). The lowest BCUT2D eigenvalue weighted by atomic mass is 10.2. The Labute approximate surface area is 116 Å². The van der Waals surface area contributed by atoms with E-state index >= 15 is 0 Å². The Kier molecular flexibility index (Phi) is 6.25. The number of rotatable bonds is 7. The van der Waals surface area contributed by atoms with Crippen LogP contribution in [0.2, 0.25) is 10.0 Å². The van der Waals surface area contributed by atoms with Crippen LogP contribution in [-0.4, -0.2) is 24.2 Å². The van der Waals surface area contributed by atoms with Crippen molar-refractivity contribution in [2.24, 2.45) is 0 Å². The van der Waals surface area contributed by atoms with Crippen LogP contribution in [0.3, 0.4) is 0 Å². The van der Waals surface area contributed by atoms with E-state index in [-0.39, 0.29) is 0 Å². The molecule has 100 valence electrons. The predicted octanol–water partition coefficient (Wildman–Crippen LogP) is 2.96. The van der Waals surface area contributed by atoms with Crippen molar-refractivity contribution in [3.05, 3.63) is 27.7 Å². The van der Waals surface area contributed by atoms with Crippen LogP contribution in [0.5, 0.6) is 5.75 Å². The number of ether oxygens (including phenoxy) is 1. The summed E-state index contributed by atoms with van der Waals surface area (Å²) in [6.07, 6.45) is 1.000. The van der Waals surface area contributed by atoms with E-state index in [4.69, 9.17) is 33.0 Å². The van der Waals surface area contributed by atoms with E-state index in [1.165, 1.54) is 6.07 Å². The van der Waals surface area contributed by atoms with E-state index in [0.717, 1.165) is 18.5 Å². The number of halogens is 2. The summed E-state index contributed by atoms with van der Waals surface area (Å²) < 4.78 is 5.18. The molecule has 0 bridgehead atoms. The Hall–Kier alpha value is -0.970. The van der Waals surface area contributed by atoms with Crippen LogP contribution in [-0.2, 0) is 11.3 Å². The molecule has 0 amide bonds. The number of aliphatic carboxylic acids is 1. The summed E-state index contributed by atoms with van der Waals surface area (Å²) in [6, 6.07) is 3.25. The lowest BCUT2D eigenvalue weighted by Gasteiger charge is -2.13. The monoisotopic (exact) mass is 291 g/mol. The van der Waals surface area contributed by atoms with Gasteiger partial charge in [-0.15, -0.1) is 0 Å². The highest BCUT2D eigenvalue weighted by Crippen LogP contribution is 2.32. The molecule has 0 aliphatic heterocycles. The molecule has 0 spiro atoms. The number of carboxylic acids is 1. The van der Waals surface area contributed by atoms with E-state index in [9.17, 15) is 4.79 Å². The van der Waals surface area contributed by atoms with E-state index in [1.807, 2.05) is 0 Å². The SMILES string of the molecule is CCCNCc1cc(Cl)cc(Cl)c1OCC(=O)O. The number of carboxylic acid groups (broad SMARTS) is 1. The molecule has 0 saturated heterocycles. The van der Waals surface area contributed by atoms with Gasteiger partial charge in [0, 0.05) is 17.1 Å². The zero-order valence-electron chi connectivity index (χ0n) is 10.0. The summed E-state index contributed by atoms with van der Waals surface area (Å²) >= 11 is 11.9. The van der Waals surface area contributed by atoms with Crippen molar-refractivity contribution in [2.45, 2.75) is 19.9 Å². The Bertz CT molecular complexity index is 424. The summed E-state index contributed by atoms with van der Waals surface area (Å²) in [5.41, 5.74) is 0.752. The van der Waals surface area contributed by atoms with Gasteiger partial charge in [-0.05, 0) is 25.1 Å². The molecule has 18 heavy (non-hydrogen) atoms. The molecule has 0 unspecified atom stereocenters. The van der Waals surface area contributed by atoms with Crippen molar-refractivity contribution in [2.75, 3.05) is 13.2 Å². The molecule has 1 rings (SSSR count). The van der Waals surface area contributed by atoms with Gasteiger partial charge in [-0.2, -0.15) is 0 Å². The Morgan fingerprint density at radius 2 is 2.17 bits per heavy atom. The van der Waals surface area contributed by atoms with Crippen molar-refractivity contribution < 1.29 is 14.6 Å². The largest absolute Gasteiger partial charge is 0.480 e. The van der Waals surface area contributed by atoms with E-state index in [2.05, 4.69) is 12.2 Å². The fraction of sp³-hybridized carbons (Fsp3) is 0.417. The van der Waals surface area contributed by atoms with Gasteiger partial charge in [0.05, 0.1) is 5.02 Å². The van der Waals surface area contributed by atoms with E-state index in [1.54, 1.807) is 6.07 Å². The van der Waals surface area contributed by atoms with Crippen LogP contribution in [0.25, 0.3) is 0 Å². The second kappa shape index (κ2) is 7.46. The van der Waals surface area contributed by atoms with Gasteiger partial charge < -0.3 is 15.2 Å². The molecule has 0 heterocycles. The second-order valence-electron chi connectivity index (χ2n) is 3.74. The Morgan fingerprint density at radius 3 is 2.78 bits per heavy atom. The first-order chi connectivity index (χ1) is 8.54. The van der Waals surface area contributed by atoms with Crippen LogP contribution in [0, 0.1) is 0 Å². The van der Waals surface area contributed by atoms with Gasteiger partial charge in [0.15, 0.2) is 6.61 Å². The van der Waals surface area contributed by atoms with Crippen molar-refractivity contribution in [3.8, 4) is 5.75 Å². The van der Waals surface area contributed by atoms with Crippen LogP contribution < -0.4 is 10.1 Å². The van der Waals surface area contributed by atoms with Gasteiger partial charge in [0.25, 0.3) is 0 Å². The highest BCUT2D eigenvalue weighted by atomic mass is 35.5. The maximum absolute atomic E-state index is 10.5. The third kappa shape index (κ3) is 4.72. The lowest BCUT2D eigenvalue weighted by Crippen LogP contribution is -2.16. The molecule has 1 aromatic carbocycles.